The maximum atomic E-state index is 12.1. The molecule has 1 aromatic heterocycles. The number of sulfonamides is 1. The Balaban J connectivity index is 2.25. The van der Waals surface area contributed by atoms with Crippen LogP contribution in [0.15, 0.2) is 46.1 Å². The minimum absolute atomic E-state index is 0.200. The molecule has 1 heterocycles. The second-order valence-electron chi connectivity index (χ2n) is 4.52. The molecule has 0 fully saturated rings. The fourth-order valence-electron chi connectivity index (χ4n) is 1.65. The van der Waals surface area contributed by atoms with Gasteiger partial charge in [0.05, 0.1) is 28.8 Å². The van der Waals surface area contributed by atoms with Gasteiger partial charge < -0.3 is 15.5 Å². The third kappa shape index (κ3) is 2.94. The van der Waals surface area contributed by atoms with Crippen LogP contribution in [0.4, 0.5) is 11.4 Å². The van der Waals surface area contributed by atoms with Crippen LogP contribution in [0.2, 0.25) is 0 Å². The second kappa shape index (κ2) is 5.56. The molecule has 0 saturated carbocycles. The zero-order valence-electron chi connectivity index (χ0n) is 11.3. The number of benzene rings is 1. The molecule has 2 aromatic rings. The summed E-state index contributed by atoms with van der Waals surface area (Å²) in [6.45, 7) is 0.506. The highest BCUT2D eigenvalue weighted by Crippen LogP contribution is 2.24. The van der Waals surface area contributed by atoms with Gasteiger partial charge in [-0.3, -0.25) is 0 Å². The Morgan fingerprint density at radius 3 is 2.65 bits per heavy atom. The predicted octanol–water partition coefficient (Wildman–Crippen LogP) is 1.72. The quantitative estimate of drug-likeness (QED) is 0.820. The first-order chi connectivity index (χ1) is 9.41. The van der Waals surface area contributed by atoms with Crippen molar-refractivity contribution in [2.45, 2.75) is 11.4 Å². The molecule has 0 atom stereocenters. The van der Waals surface area contributed by atoms with Gasteiger partial charge in [0.25, 0.3) is 0 Å². The largest absolute Gasteiger partial charge is 0.472 e. The van der Waals surface area contributed by atoms with Crippen molar-refractivity contribution in [3.63, 3.8) is 0 Å². The van der Waals surface area contributed by atoms with Gasteiger partial charge >= 0.3 is 0 Å². The highest BCUT2D eigenvalue weighted by atomic mass is 32.2. The summed E-state index contributed by atoms with van der Waals surface area (Å²) >= 11 is 0. The zero-order chi connectivity index (χ0) is 14.8. The highest BCUT2D eigenvalue weighted by Gasteiger charge is 2.18. The summed E-state index contributed by atoms with van der Waals surface area (Å²) in [6, 6.07) is 6.43. The van der Waals surface area contributed by atoms with Gasteiger partial charge in [0.1, 0.15) is 0 Å². The number of anilines is 2. The molecule has 2 rings (SSSR count). The van der Waals surface area contributed by atoms with Crippen molar-refractivity contribution in [3.8, 4) is 0 Å². The number of rotatable bonds is 5. The summed E-state index contributed by atoms with van der Waals surface area (Å²) in [5, 5.41) is 3.10. The van der Waals surface area contributed by atoms with Crippen LogP contribution in [-0.2, 0) is 16.6 Å². The molecule has 0 aliphatic rings. The number of hydrogen-bond acceptors (Lipinski definition) is 5. The molecule has 6 nitrogen and oxygen atoms in total. The molecule has 0 bridgehead atoms. The number of nitrogen functional groups attached to an aromatic ring is 1. The third-order valence-electron chi connectivity index (χ3n) is 2.87. The van der Waals surface area contributed by atoms with E-state index in [2.05, 4.69) is 5.32 Å². The van der Waals surface area contributed by atoms with Crippen molar-refractivity contribution in [2.75, 3.05) is 25.1 Å². The maximum Gasteiger partial charge on any atom is 0.242 e. The molecule has 0 amide bonds. The zero-order valence-corrected chi connectivity index (χ0v) is 12.1. The summed E-state index contributed by atoms with van der Waals surface area (Å²) in [5.41, 5.74) is 7.87. The topological polar surface area (TPSA) is 88.6 Å². The summed E-state index contributed by atoms with van der Waals surface area (Å²) in [6.07, 6.45) is 3.19. The summed E-state index contributed by atoms with van der Waals surface area (Å²) in [5.74, 6) is 0. The minimum Gasteiger partial charge on any atom is -0.472 e. The van der Waals surface area contributed by atoms with Gasteiger partial charge in [-0.15, -0.1) is 0 Å². The van der Waals surface area contributed by atoms with Crippen molar-refractivity contribution >= 4 is 21.4 Å². The normalized spacial score (nSPS) is 11.8. The molecule has 20 heavy (non-hydrogen) atoms. The molecular formula is C13H17N3O3S. The Morgan fingerprint density at radius 2 is 2.05 bits per heavy atom. The van der Waals surface area contributed by atoms with Crippen LogP contribution in [0, 0.1) is 0 Å². The number of nitrogens with one attached hydrogen (secondary N) is 1. The van der Waals surface area contributed by atoms with Crippen molar-refractivity contribution in [2.24, 2.45) is 0 Å². The van der Waals surface area contributed by atoms with Crippen molar-refractivity contribution in [1.29, 1.82) is 0 Å². The molecular weight excluding hydrogens is 278 g/mol. The molecule has 3 N–H and O–H groups in total. The van der Waals surface area contributed by atoms with Crippen molar-refractivity contribution in [3.05, 3.63) is 42.4 Å². The Labute approximate surface area is 118 Å². The first-order valence-corrected chi connectivity index (χ1v) is 7.42. The number of nitrogens with two attached hydrogens (primary N) is 1. The minimum atomic E-state index is -3.47. The lowest BCUT2D eigenvalue weighted by Crippen LogP contribution is -2.22. The fraction of sp³-hybridized carbons (Fsp3) is 0.231. The van der Waals surface area contributed by atoms with Crippen LogP contribution < -0.4 is 11.1 Å². The van der Waals surface area contributed by atoms with Gasteiger partial charge in [-0.2, -0.15) is 0 Å². The van der Waals surface area contributed by atoms with Gasteiger partial charge in [0.15, 0.2) is 0 Å². The van der Waals surface area contributed by atoms with Crippen LogP contribution in [0.25, 0.3) is 0 Å². The summed E-state index contributed by atoms with van der Waals surface area (Å²) in [4.78, 5) is 0.200. The molecule has 108 valence electrons. The van der Waals surface area contributed by atoms with E-state index in [9.17, 15) is 8.42 Å². The van der Waals surface area contributed by atoms with Crippen LogP contribution >= 0.6 is 0 Å². The van der Waals surface area contributed by atoms with E-state index in [4.69, 9.17) is 10.2 Å². The second-order valence-corrected chi connectivity index (χ2v) is 6.67. The number of nitrogens with zero attached hydrogens (tertiary/aromatic N) is 1. The van der Waals surface area contributed by atoms with E-state index in [1.165, 1.54) is 30.5 Å². The van der Waals surface area contributed by atoms with Gasteiger partial charge in [-0.05, 0) is 24.3 Å². The standard InChI is InChI=1S/C13H17N3O3S/c1-16(2)20(17,18)11-3-4-12(14)13(7-11)15-8-10-5-6-19-9-10/h3-7,9,15H,8,14H2,1-2H3. The van der Waals surface area contributed by atoms with E-state index in [0.29, 0.717) is 17.9 Å². The van der Waals surface area contributed by atoms with Gasteiger partial charge in [0.2, 0.25) is 10.0 Å². The van der Waals surface area contributed by atoms with Crippen LogP contribution in [0.5, 0.6) is 0 Å². The van der Waals surface area contributed by atoms with Gasteiger partial charge in [-0.1, -0.05) is 0 Å². The molecule has 0 aliphatic heterocycles. The van der Waals surface area contributed by atoms with E-state index in [-0.39, 0.29) is 4.90 Å². The van der Waals surface area contributed by atoms with Crippen molar-refractivity contribution < 1.29 is 12.8 Å². The molecule has 7 heteroatoms. The average molecular weight is 295 g/mol. The lowest BCUT2D eigenvalue weighted by molar-refractivity contribution is 0.521. The lowest BCUT2D eigenvalue weighted by atomic mass is 10.2. The lowest BCUT2D eigenvalue weighted by Gasteiger charge is -2.14. The van der Waals surface area contributed by atoms with E-state index < -0.39 is 10.0 Å². The van der Waals surface area contributed by atoms with E-state index >= 15 is 0 Å². The maximum absolute atomic E-state index is 12.1. The molecule has 1 aromatic carbocycles. The molecule has 0 unspecified atom stereocenters. The Morgan fingerprint density at radius 1 is 1.30 bits per heavy atom. The molecule has 0 spiro atoms. The van der Waals surface area contributed by atoms with Crippen LogP contribution in [-0.4, -0.2) is 26.8 Å². The number of furan rings is 1. The van der Waals surface area contributed by atoms with Gasteiger partial charge in [-0.25, -0.2) is 12.7 Å². The van der Waals surface area contributed by atoms with Crippen LogP contribution in [0.1, 0.15) is 5.56 Å². The van der Waals surface area contributed by atoms with E-state index in [0.717, 1.165) is 5.56 Å². The first-order valence-electron chi connectivity index (χ1n) is 5.98. The Kier molecular flexibility index (Phi) is 4.01. The molecule has 0 radical (unpaired) electrons. The van der Waals surface area contributed by atoms with Crippen molar-refractivity contribution in [1.82, 2.24) is 4.31 Å². The smallest absolute Gasteiger partial charge is 0.242 e. The van der Waals surface area contributed by atoms with Gasteiger partial charge in [0, 0.05) is 26.2 Å². The highest BCUT2D eigenvalue weighted by molar-refractivity contribution is 7.89. The first kappa shape index (κ1) is 14.4. The average Bonchev–Trinajstić information content (AvgIpc) is 2.90. The van der Waals surface area contributed by atoms with E-state index in [1.54, 1.807) is 18.6 Å². The summed E-state index contributed by atoms with van der Waals surface area (Å²) in [7, 11) is -0.488. The van der Waals surface area contributed by atoms with E-state index in [1.807, 2.05) is 6.07 Å². The third-order valence-corrected chi connectivity index (χ3v) is 4.68. The van der Waals surface area contributed by atoms with Crippen LogP contribution in [0.3, 0.4) is 0 Å². The Hall–Kier alpha value is -1.99. The summed E-state index contributed by atoms with van der Waals surface area (Å²) < 4.78 is 30.3. The monoisotopic (exact) mass is 295 g/mol. The predicted molar refractivity (Wildman–Crippen MR) is 77.8 cm³/mol. The molecule has 0 saturated heterocycles. The molecule has 0 aliphatic carbocycles. The SMILES string of the molecule is CN(C)S(=O)(=O)c1ccc(N)c(NCc2ccoc2)c1. The Bertz CT molecular complexity index is 679. The fourth-order valence-corrected chi connectivity index (χ4v) is 2.58. The number of hydrogen-bond donors (Lipinski definition) is 2.